The predicted molar refractivity (Wildman–Crippen MR) is 122 cm³/mol. The number of morpholine rings is 1. The van der Waals surface area contributed by atoms with E-state index in [1.807, 2.05) is 11.5 Å². The summed E-state index contributed by atoms with van der Waals surface area (Å²) in [6.45, 7) is 5.67. The summed E-state index contributed by atoms with van der Waals surface area (Å²) in [5.74, 6) is -0.0601. The molecule has 0 spiro atoms. The summed E-state index contributed by atoms with van der Waals surface area (Å²) >= 11 is 6.17. The quantitative estimate of drug-likeness (QED) is 0.463. The van der Waals surface area contributed by atoms with E-state index in [1.54, 1.807) is 32.2 Å². The van der Waals surface area contributed by atoms with Crippen molar-refractivity contribution in [3.8, 4) is 0 Å². The lowest BCUT2D eigenvalue weighted by molar-refractivity contribution is 0.0457. The number of aromatic nitrogens is 4. The van der Waals surface area contributed by atoms with E-state index >= 15 is 0 Å². The molecule has 0 radical (unpaired) electrons. The van der Waals surface area contributed by atoms with E-state index in [4.69, 9.17) is 21.1 Å². The minimum absolute atomic E-state index is 0.0796. The van der Waals surface area contributed by atoms with Crippen LogP contribution in [0.4, 0.5) is 0 Å². The van der Waals surface area contributed by atoms with E-state index in [9.17, 15) is 13.2 Å². The normalized spacial score (nSPS) is 15.3. The van der Waals surface area contributed by atoms with Crippen molar-refractivity contribution in [3.63, 3.8) is 0 Å². The van der Waals surface area contributed by atoms with Gasteiger partial charge in [0.2, 0.25) is 10.0 Å². The van der Waals surface area contributed by atoms with Crippen molar-refractivity contribution in [1.29, 1.82) is 0 Å². The number of benzene rings is 1. The summed E-state index contributed by atoms with van der Waals surface area (Å²) in [6.07, 6.45) is 0.827. The van der Waals surface area contributed by atoms with Gasteiger partial charge in [-0.15, -0.1) is 0 Å². The van der Waals surface area contributed by atoms with Crippen LogP contribution in [0.25, 0.3) is 11.0 Å². The van der Waals surface area contributed by atoms with Crippen molar-refractivity contribution in [2.45, 2.75) is 38.3 Å². The maximum atomic E-state index is 13.0. The third-order valence-corrected chi connectivity index (χ3v) is 7.87. The number of esters is 1. The lowest BCUT2D eigenvalue weighted by atomic mass is 10.3. The van der Waals surface area contributed by atoms with E-state index in [-0.39, 0.29) is 22.2 Å². The second-order valence-electron chi connectivity index (χ2n) is 7.80. The van der Waals surface area contributed by atoms with Crippen LogP contribution in [-0.4, -0.2) is 64.3 Å². The molecule has 1 aromatic carbocycles. The zero-order valence-corrected chi connectivity index (χ0v) is 20.3. The third kappa shape index (κ3) is 4.50. The second-order valence-corrected chi connectivity index (χ2v) is 10.1. The summed E-state index contributed by atoms with van der Waals surface area (Å²) in [5.41, 5.74) is 2.00. The highest BCUT2D eigenvalue weighted by Gasteiger charge is 2.27. The molecule has 178 valence electrons. The molecular formula is C21H26ClN5O5S. The molecule has 0 aliphatic carbocycles. The van der Waals surface area contributed by atoms with Gasteiger partial charge in [0.1, 0.15) is 23.1 Å². The third-order valence-electron chi connectivity index (χ3n) is 5.54. The van der Waals surface area contributed by atoms with Crippen molar-refractivity contribution in [1.82, 2.24) is 23.6 Å². The number of ether oxygens (including phenoxy) is 2. The Morgan fingerprint density at radius 3 is 2.64 bits per heavy atom. The first-order valence-corrected chi connectivity index (χ1v) is 12.5. The van der Waals surface area contributed by atoms with Gasteiger partial charge in [-0.1, -0.05) is 18.5 Å². The zero-order valence-electron chi connectivity index (χ0n) is 18.7. The maximum absolute atomic E-state index is 13.0. The Kier molecular flexibility index (Phi) is 6.76. The van der Waals surface area contributed by atoms with E-state index in [2.05, 4.69) is 10.1 Å². The maximum Gasteiger partial charge on any atom is 0.343 e. The minimum Gasteiger partial charge on any atom is -0.454 e. The molecule has 0 unspecified atom stereocenters. The van der Waals surface area contributed by atoms with Gasteiger partial charge in [-0.25, -0.2) is 18.2 Å². The summed E-state index contributed by atoms with van der Waals surface area (Å²) in [5, 5.41) is 4.34. The van der Waals surface area contributed by atoms with Gasteiger partial charge in [0.05, 0.1) is 34.8 Å². The van der Waals surface area contributed by atoms with Gasteiger partial charge in [0, 0.05) is 26.7 Å². The van der Waals surface area contributed by atoms with Crippen LogP contribution < -0.4 is 0 Å². The highest BCUT2D eigenvalue weighted by atomic mass is 35.5. The van der Waals surface area contributed by atoms with Crippen molar-refractivity contribution < 1.29 is 22.7 Å². The van der Waals surface area contributed by atoms with Crippen molar-refractivity contribution in [2.75, 3.05) is 26.3 Å². The van der Waals surface area contributed by atoms with Crippen LogP contribution in [0.15, 0.2) is 23.1 Å². The topological polar surface area (TPSA) is 109 Å². The number of halogens is 1. The van der Waals surface area contributed by atoms with Crippen LogP contribution in [0, 0.1) is 6.92 Å². The molecule has 3 heterocycles. The fourth-order valence-electron chi connectivity index (χ4n) is 3.90. The molecule has 1 saturated heterocycles. The monoisotopic (exact) mass is 495 g/mol. The number of nitrogens with zero attached hydrogens (tertiary/aromatic N) is 5. The van der Waals surface area contributed by atoms with E-state index in [0.29, 0.717) is 49.9 Å². The minimum atomic E-state index is -3.64. The fourth-order valence-corrected chi connectivity index (χ4v) is 5.58. The van der Waals surface area contributed by atoms with Crippen molar-refractivity contribution >= 4 is 38.6 Å². The Balaban J connectivity index is 1.63. The average Bonchev–Trinajstić information content (AvgIpc) is 3.27. The SMILES string of the molecule is CCCn1c(COC(=O)c2c(C)nn(C)c2Cl)nc2cc(S(=O)(=O)N3CCOCC3)ccc21. The number of sulfonamides is 1. The molecule has 3 aromatic rings. The number of fused-ring (bicyclic) bond motifs is 1. The molecule has 33 heavy (non-hydrogen) atoms. The second kappa shape index (κ2) is 9.41. The Morgan fingerprint density at radius 1 is 1.27 bits per heavy atom. The van der Waals surface area contributed by atoms with Gasteiger partial charge < -0.3 is 14.0 Å². The van der Waals surface area contributed by atoms with E-state index < -0.39 is 16.0 Å². The van der Waals surface area contributed by atoms with Gasteiger partial charge in [-0.05, 0) is 31.5 Å². The fraction of sp³-hybridized carbons (Fsp3) is 0.476. The van der Waals surface area contributed by atoms with Gasteiger partial charge in [-0.2, -0.15) is 9.40 Å². The van der Waals surface area contributed by atoms with Crippen LogP contribution in [-0.2, 0) is 39.7 Å². The van der Waals surface area contributed by atoms with Crippen LogP contribution >= 0.6 is 11.6 Å². The Labute approximate surface area is 197 Å². The number of aryl methyl sites for hydroxylation is 3. The summed E-state index contributed by atoms with van der Waals surface area (Å²) in [4.78, 5) is 17.4. The predicted octanol–water partition coefficient (Wildman–Crippen LogP) is 2.52. The van der Waals surface area contributed by atoms with Crippen LogP contribution in [0.5, 0.6) is 0 Å². The largest absolute Gasteiger partial charge is 0.454 e. The number of hydrogen-bond acceptors (Lipinski definition) is 7. The van der Waals surface area contributed by atoms with Gasteiger partial charge >= 0.3 is 5.97 Å². The first kappa shape index (κ1) is 23.7. The standard InChI is InChI=1S/C21H26ClN5O5S/c1-4-7-27-17-6-5-15(33(29,30)26-8-10-31-11-9-26)12-16(17)23-18(27)13-32-21(28)19-14(2)24-25(3)20(19)22/h5-6,12H,4,7-11,13H2,1-3H3. The molecule has 1 fully saturated rings. The molecule has 0 saturated carbocycles. The molecule has 0 atom stereocenters. The number of rotatable bonds is 7. The summed E-state index contributed by atoms with van der Waals surface area (Å²) in [6, 6.07) is 4.91. The van der Waals surface area contributed by atoms with Crippen LogP contribution in [0.3, 0.4) is 0 Å². The number of imidazole rings is 1. The highest BCUT2D eigenvalue weighted by molar-refractivity contribution is 7.89. The Hall–Kier alpha value is -2.47. The molecular weight excluding hydrogens is 470 g/mol. The molecule has 4 rings (SSSR count). The van der Waals surface area contributed by atoms with Gasteiger partial charge in [-0.3, -0.25) is 4.68 Å². The molecule has 0 bridgehead atoms. The van der Waals surface area contributed by atoms with Crippen LogP contribution in [0.2, 0.25) is 5.15 Å². The van der Waals surface area contributed by atoms with Gasteiger partial charge in [0.15, 0.2) is 0 Å². The number of carbonyl (C=O) groups excluding carboxylic acids is 1. The van der Waals surface area contributed by atoms with Gasteiger partial charge in [0.25, 0.3) is 0 Å². The van der Waals surface area contributed by atoms with Crippen molar-refractivity contribution in [2.24, 2.45) is 7.05 Å². The van der Waals surface area contributed by atoms with E-state index in [0.717, 1.165) is 11.9 Å². The molecule has 0 N–H and O–H groups in total. The first-order chi connectivity index (χ1) is 15.7. The van der Waals surface area contributed by atoms with E-state index in [1.165, 1.54) is 8.99 Å². The highest BCUT2D eigenvalue weighted by Crippen LogP contribution is 2.25. The molecule has 1 aliphatic rings. The smallest absolute Gasteiger partial charge is 0.343 e. The van der Waals surface area contributed by atoms with Crippen LogP contribution in [0.1, 0.15) is 35.2 Å². The zero-order chi connectivity index (χ0) is 23.8. The Bertz CT molecular complexity index is 1290. The lowest BCUT2D eigenvalue weighted by Gasteiger charge is -2.26. The molecule has 0 amide bonds. The average molecular weight is 496 g/mol. The first-order valence-electron chi connectivity index (χ1n) is 10.7. The van der Waals surface area contributed by atoms with Crippen molar-refractivity contribution in [3.05, 3.63) is 40.4 Å². The lowest BCUT2D eigenvalue weighted by Crippen LogP contribution is -2.40. The summed E-state index contributed by atoms with van der Waals surface area (Å²) < 4.78 is 41.6. The number of carbonyl (C=O) groups is 1. The molecule has 1 aliphatic heterocycles. The number of hydrogen-bond donors (Lipinski definition) is 0. The molecule has 2 aromatic heterocycles. The Morgan fingerprint density at radius 2 is 2.00 bits per heavy atom. The summed E-state index contributed by atoms with van der Waals surface area (Å²) in [7, 11) is -2.00. The molecule has 12 heteroatoms. The molecule has 10 nitrogen and oxygen atoms in total.